The van der Waals surface area contributed by atoms with Crippen molar-refractivity contribution in [1.29, 1.82) is 0 Å². The van der Waals surface area contributed by atoms with Crippen molar-refractivity contribution < 1.29 is 9.90 Å². The van der Waals surface area contributed by atoms with Crippen LogP contribution in [0.15, 0.2) is 41.4 Å². The monoisotopic (exact) mass is 288 g/mol. The Bertz CT molecular complexity index is 600. The zero-order valence-electron chi connectivity index (χ0n) is 11.4. The molecule has 0 bridgehead atoms. The second kappa shape index (κ2) is 6.52. The van der Waals surface area contributed by atoms with Gasteiger partial charge in [0.1, 0.15) is 5.82 Å². The van der Waals surface area contributed by atoms with Crippen molar-refractivity contribution in [2.24, 2.45) is 0 Å². The molecule has 0 saturated heterocycles. The number of thioether (sulfide) groups is 1. The molecule has 1 aromatic carbocycles. The molecule has 5 heteroatoms. The van der Waals surface area contributed by atoms with Gasteiger partial charge in [-0.25, -0.2) is 14.8 Å². The topological polar surface area (TPSA) is 63.1 Å². The van der Waals surface area contributed by atoms with E-state index in [0.717, 1.165) is 4.90 Å². The molecule has 0 unspecified atom stereocenters. The minimum Gasteiger partial charge on any atom is -0.478 e. The van der Waals surface area contributed by atoms with Crippen molar-refractivity contribution in [1.82, 2.24) is 9.97 Å². The third kappa shape index (κ3) is 3.57. The smallest absolute Gasteiger partial charge is 0.339 e. The highest BCUT2D eigenvalue weighted by molar-refractivity contribution is 7.98. The van der Waals surface area contributed by atoms with Crippen LogP contribution in [0.25, 0.3) is 0 Å². The molecule has 2 rings (SSSR count). The standard InChI is InChI=1S/C15H16N2O2S/c1-10(2)14-12(15(18)19)8-16-13(17-14)9-20-11-6-4-3-5-7-11/h3-8,10H,9H2,1-2H3,(H,18,19). The number of hydrogen-bond acceptors (Lipinski definition) is 4. The number of nitrogens with zero attached hydrogens (tertiary/aromatic N) is 2. The van der Waals surface area contributed by atoms with Gasteiger partial charge in [-0.15, -0.1) is 11.8 Å². The second-order valence-corrected chi connectivity index (χ2v) is 5.70. The summed E-state index contributed by atoms with van der Waals surface area (Å²) in [6.07, 6.45) is 1.41. The normalized spacial score (nSPS) is 10.8. The lowest BCUT2D eigenvalue weighted by molar-refractivity contribution is 0.0694. The Kier molecular flexibility index (Phi) is 4.74. The van der Waals surface area contributed by atoms with Gasteiger partial charge in [0.05, 0.1) is 17.0 Å². The largest absolute Gasteiger partial charge is 0.478 e. The van der Waals surface area contributed by atoms with E-state index in [2.05, 4.69) is 9.97 Å². The van der Waals surface area contributed by atoms with Crippen LogP contribution in [0.2, 0.25) is 0 Å². The molecular formula is C15H16N2O2S. The third-order valence-electron chi connectivity index (χ3n) is 2.76. The summed E-state index contributed by atoms with van der Waals surface area (Å²) in [5, 5.41) is 9.13. The maximum absolute atomic E-state index is 11.1. The second-order valence-electron chi connectivity index (χ2n) is 4.65. The fourth-order valence-electron chi connectivity index (χ4n) is 1.77. The molecule has 4 nitrogen and oxygen atoms in total. The Labute approximate surface area is 122 Å². The van der Waals surface area contributed by atoms with Gasteiger partial charge in [0.15, 0.2) is 0 Å². The average Bonchev–Trinajstić information content (AvgIpc) is 2.45. The zero-order valence-corrected chi connectivity index (χ0v) is 12.2. The SMILES string of the molecule is CC(C)c1nc(CSc2ccccc2)ncc1C(=O)O. The fraction of sp³-hybridized carbons (Fsp3) is 0.267. The van der Waals surface area contributed by atoms with Crippen molar-refractivity contribution in [2.45, 2.75) is 30.4 Å². The first kappa shape index (κ1) is 14.5. The summed E-state index contributed by atoms with van der Waals surface area (Å²) >= 11 is 1.64. The summed E-state index contributed by atoms with van der Waals surface area (Å²) in [6.45, 7) is 3.87. The van der Waals surface area contributed by atoms with Crippen LogP contribution < -0.4 is 0 Å². The van der Waals surface area contributed by atoms with Crippen molar-refractivity contribution >= 4 is 17.7 Å². The Balaban J connectivity index is 2.17. The molecular weight excluding hydrogens is 272 g/mol. The van der Waals surface area contributed by atoms with Crippen LogP contribution in [0.1, 0.15) is 41.6 Å². The maximum Gasteiger partial charge on any atom is 0.339 e. The van der Waals surface area contributed by atoms with Crippen LogP contribution in [-0.2, 0) is 5.75 Å². The number of carboxylic acids is 1. The first-order chi connectivity index (χ1) is 9.58. The Morgan fingerprint density at radius 3 is 2.60 bits per heavy atom. The number of rotatable bonds is 5. The molecule has 0 aliphatic rings. The van der Waals surface area contributed by atoms with Crippen molar-refractivity contribution in [2.75, 3.05) is 0 Å². The molecule has 0 amide bonds. The van der Waals surface area contributed by atoms with Gasteiger partial charge < -0.3 is 5.11 Å². The summed E-state index contributed by atoms with van der Waals surface area (Å²) in [4.78, 5) is 20.8. The number of carboxylic acid groups (broad SMARTS) is 1. The average molecular weight is 288 g/mol. The van der Waals surface area contributed by atoms with E-state index < -0.39 is 5.97 Å². The number of hydrogen-bond donors (Lipinski definition) is 1. The van der Waals surface area contributed by atoms with Gasteiger partial charge in [-0.2, -0.15) is 0 Å². The van der Waals surface area contributed by atoms with Gasteiger partial charge in [0, 0.05) is 11.1 Å². The van der Waals surface area contributed by atoms with Crippen LogP contribution >= 0.6 is 11.8 Å². The highest BCUT2D eigenvalue weighted by Gasteiger charge is 2.16. The van der Waals surface area contributed by atoms with Gasteiger partial charge >= 0.3 is 5.97 Å². The maximum atomic E-state index is 11.1. The lowest BCUT2D eigenvalue weighted by Gasteiger charge is -2.10. The summed E-state index contributed by atoms with van der Waals surface area (Å²) in [7, 11) is 0. The van der Waals surface area contributed by atoms with Gasteiger partial charge in [0.25, 0.3) is 0 Å². The van der Waals surface area contributed by atoms with Gasteiger partial charge in [-0.3, -0.25) is 0 Å². The lowest BCUT2D eigenvalue weighted by Crippen LogP contribution is -2.09. The summed E-state index contributed by atoms with van der Waals surface area (Å²) in [6, 6.07) is 9.99. The van der Waals surface area contributed by atoms with Crippen molar-refractivity contribution in [3.63, 3.8) is 0 Å². The van der Waals surface area contributed by atoms with E-state index in [0.29, 0.717) is 17.3 Å². The molecule has 104 valence electrons. The van der Waals surface area contributed by atoms with E-state index in [4.69, 9.17) is 5.11 Å². The van der Waals surface area contributed by atoms with E-state index in [1.54, 1.807) is 11.8 Å². The molecule has 0 aliphatic carbocycles. The Morgan fingerprint density at radius 1 is 1.30 bits per heavy atom. The van der Waals surface area contributed by atoms with Crippen LogP contribution in [0.3, 0.4) is 0 Å². The molecule has 1 N–H and O–H groups in total. The van der Waals surface area contributed by atoms with E-state index in [-0.39, 0.29) is 11.5 Å². The zero-order chi connectivity index (χ0) is 14.5. The molecule has 1 aromatic heterocycles. The first-order valence-corrected chi connectivity index (χ1v) is 7.33. The molecule has 1 heterocycles. The molecule has 0 spiro atoms. The number of carbonyl (C=O) groups is 1. The number of aromatic carboxylic acids is 1. The molecule has 0 fully saturated rings. The van der Waals surface area contributed by atoms with Crippen LogP contribution in [0.4, 0.5) is 0 Å². The van der Waals surface area contributed by atoms with Crippen LogP contribution in [0.5, 0.6) is 0 Å². The van der Waals surface area contributed by atoms with E-state index in [9.17, 15) is 4.79 Å². The summed E-state index contributed by atoms with van der Waals surface area (Å²) < 4.78 is 0. The van der Waals surface area contributed by atoms with Crippen molar-refractivity contribution in [3.8, 4) is 0 Å². The molecule has 0 aliphatic heterocycles. The quantitative estimate of drug-likeness (QED) is 0.852. The predicted molar refractivity (Wildman–Crippen MR) is 79.1 cm³/mol. The minimum absolute atomic E-state index is 0.0598. The Hall–Kier alpha value is -1.88. The minimum atomic E-state index is -0.976. The number of benzene rings is 1. The molecule has 2 aromatic rings. The molecule has 20 heavy (non-hydrogen) atoms. The van der Waals surface area contributed by atoms with Crippen LogP contribution in [-0.4, -0.2) is 21.0 Å². The highest BCUT2D eigenvalue weighted by atomic mass is 32.2. The predicted octanol–water partition coefficient (Wildman–Crippen LogP) is 3.59. The van der Waals surface area contributed by atoms with E-state index >= 15 is 0 Å². The molecule has 0 radical (unpaired) electrons. The third-order valence-corrected chi connectivity index (χ3v) is 3.76. The summed E-state index contributed by atoms with van der Waals surface area (Å²) in [5.74, 6) is 0.372. The lowest BCUT2D eigenvalue weighted by atomic mass is 10.1. The first-order valence-electron chi connectivity index (χ1n) is 6.35. The Morgan fingerprint density at radius 2 is 2.00 bits per heavy atom. The van der Waals surface area contributed by atoms with Gasteiger partial charge in [-0.1, -0.05) is 32.0 Å². The molecule has 0 saturated carbocycles. The van der Waals surface area contributed by atoms with E-state index in [1.807, 2.05) is 44.2 Å². The van der Waals surface area contributed by atoms with Crippen LogP contribution in [0, 0.1) is 0 Å². The highest BCUT2D eigenvalue weighted by Crippen LogP contribution is 2.22. The van der Waals surface area contributed by atoms with Gasteiger partial charge in [-0.05, 0) is 18.1 Å². The summed E-state index contributed by atoms with van der Waals surface area (Å²) in [5.41, 5.74) is 0.782. The van der Waals surface area contributed by atoms with Gasteiger partial charge in [0.2, 0.25) is 0 Å². The van der Waals surface area contributed by atoms with Crippen molar-refractivity contribution in [3.05, 3.63) is 53.6 Å². The van der Waals surface area contributed by atoms with E-state index in [1.165, 1.54) is 6.20 Å². The fourth-order valence-corrected chi connectivity index (χ4v) is 2.56. The molecule has 0 atom stereocenters. The number of aromatic nitrogens is 2.